The zero-order chi connectivity index (χ0) is 12.3. The first kappa shape index (κ1) is 13.3. The van der Waals surface area contributed by atoms with Gasteiger partial charge in [-0.1, -0.05) is 13.8 Å². The highest BCUT2D eigenvalue weighted by atomic mass is 16.5. The third kappa shape index (κ3) is 4.57. The molecule has 0 aromatic heterocycles. The Labute approximate surface area is 106 Å². The van der Waals surface area contributed by atoms with Crippen molar-refractivity contribution in [2.75, 3.05) is 39.9 Å². The minimum atomic E-state index is 0.393. The summed E-state index contributed by atoms with van der Waals surface area (Å²) in [5.41, 5.74) is 0.393. The molecule has 0 amide bonds. The normalized spacial score (nSPS) is 26.6. The van der Waals surface area contributed by atoms with Crippen LogP contribution in [-0.4, -0.2) is 50.8 Å². The van der Waals surface area contributed by atoms with Crippen molar-refractivity contribution in [3.05, 3.63) is 0 Å². The number of nitrogens with one attached hydrogen (secondary N) is 1. The van der Waals surface area contributed by atoms with Gasteiger partial charge in [-0.15, -0.1) is 0 Å². The Morgan fingerprint density at radius 2 is 2.06 bits per heavy atom. The number of hydrogen-bond acceptors (Lipinski definition) is 3. The Kier molecular flexibility index (Phi) is 4.45. The van der Waals surface area contributed by atoms with Gasteiger partial charge in [0.05, 0.1) is 6.61 Å². The molecule has 1 aliphatic heterocycles. The van der Waals surface area contributed by atoms with Gasteiger partial charge in [0.25, 0.3) is 0 Å². The van der Waals surface area contributed by atoms with Gasteiger partial charge in [0.15, 0.2) is 0 Å². The van der Waals surface area contributed by atoms with Crippen molar-refractivity contribution < 1.29 is 4.74 Å². The van der Waals surface area contributed by atoms with Crippen LogP contribution in [0.25, 0.3) is 0 Å². The van der Waals surface area contributed by atoms with Crippen molar-refractivity contribution >= 4 is 0 Å². The van der Waals surface area contributed by atoms with E-state index in [4.69, 9.17) is 4.74 Å². The largest absolute Gasteiger partial charge is 0.384 e. The average Bonchev–Trinajstić information content (AvgIpc) is 2.99. The van der Waals surface area contributed by atoms with Gasteiger partial charge in [-0.3, -0.25) is 0 Å². The lowest BCUT2D eigenvalue weighted by molar-refractivity contribution is 0.144. The van der Waals surface area contributed by atoms with Crippen LogP contribution < -0.4 is 5.32 Å². The van der Waals surface area contributed by atoms with E-state index in [2.05, 4.69) is 24.1 Å². The van der Waals surface area contributed by atoms with Gasteiger partial charge in [0.2, 0.25) is 0 Å². The van der Waals surface area contributed by atoms with Gasteiger partial charge in [0.1, 0.15) is 0 Å². The highest BCUT2D eigenvalue weighted by Crippen LogP contribution is 2.25. The molecule has 3 heteroatoms. The topological polar surface area (TPSA) is 24.5 Å². The number of rotatable bonds is 7. The van der Waals surface area contributed by atoms with Crippen molar-refractivity contribution in [1.82, 2.24) is 10.2 Å². The molecule has 0 aromatic rings. The van der Waals surface area contributed by atoms with Gasteiger partial charge in [-0.05, 0) is 37.1 Å². The predicted molar refractivity (Wildman–Crippen MR) is 71.2 cm³/mol. The highest BCUT2D eigenvalue weighted by molar-refractivity contribution is 4.86. The van der Waals surface area contributed by atoms with Gasteiger partial charge < -0.3 is 15.0 Å². The third-order valence-electron chi connectivity index (χ3n) is 3.87. The van der Waals surface area contributed by atoms with Crippen molar-refractivity contribution in [3.63, 3.8) is 0 Å². The number of nitrogens with zero attached hydrogens (tertiary/aromatic N) is 1. The lowest BCUT2D eigenvalue weighted by atomic mass is 9.92. The Morgan fingerprint density at radius 3 is 2.71 bits per heavy atom. The van der Waals surface area contributed by atoms with Crippen LogP contribution in [0.1, 0.15) is 33.1 Å². The molecule has 2 aliphatic rings. The quantitative estimate of drug-likeness (QED) is 0.733. The van der Waals surface area contributed by atoms with Crippen LogP contribution in [0, 0.1) is 11.3 Å². The summed E-state index contributed by atoms with van der Waals surface area (Å²) >= 11 is 0. The molecular weight excluding hydrogens is 212 g/mol. The van der Waals surface area contributed by atoms with E-state index in [1.807, 2.05) is 7.11 Å². The maximum Gasteiger partial charge on any atom is 0.0503 e. The average molecular weight is 240 g/mol. The van der Waals surface area contributed by atoms with Gasteiger partial charge >= 0.3 is 0 Å². The fourth-order valence-electron chi connectivity index (χ4n) is 2.80. The maximum absolute atomic E-state index is 5.25. The number of likely N-dealkylation sites (tertiary alicyclic amines) is 1. The molecule has 17 heavy (non-hydrogen) atoms. The number of methoxy groups -OCH3 is 1. The van der Waals surface area contributed by atoms with Crippen molar-refractivity contribution in [2.45, 2.75) is 39.2 Å². The fraction of sp³-hybridized carbons (Fsp3) is 1.00. The minimum Gasteiger partial charge on any atom is -0.384 e. The Bertz CT molecular complexity index is 238. The fourth-order valence-corrected chi connectivity index (χ4v) is 2.80. The molecule has 2 rings (SSSR count). The standard InChI is InChI=1S/C14H28N2O/c1-14(2,10-15-13-4-5-13)11-16-7-6-12(8-16)9-17-3/h12-13,15H,4-11H2,1-3H3. The molecule has 1 saturated carbocycles. The summed E-state index contributed by atoms with van der Waals surface area (Å²) in [5.74, 6) is 0.757. The number of hydrogen-bond donors (Lipinski definition) is 1. The zero-order valence-electron chi connectivity index (χ0n) is 11.7. The van der Waals surface area contributed by atoms with Gasteiger partial charge in [0, 0.05) is 32.8 Å². The van der Waals surface area contributed by atoms with E-state index in [0.29, 0.717) is 5.41 Å². The summed E-state index contributed by atoms with van der Waals surface area (Å²) in [6.45, 7) is 10.5. The lowest BCUT2D eigenvalue weighted by Gasteiger charge is -2.30. The molecule has 1 heterocycles. The smallest absolute Gasteiger partial charge is 0.0503 e. The van der Waals surface area contributed by atoms with E-state index in [0.717, 1.165) is 25.1 Å². The molecule has 1 N–H and O–H groups in total. The van der Waals surface area contributed by atoms with Crippen LogP contribution in [0.2, 0.25) is 0 Å². The lowest BCUT2D eigenvalue weighted by Crippen LogP contribution is -2.40. The molecule has 0 aromatic carbocycles. The third-order valence-corrected chi connectivity index (χ3v) is 3.87. The summed E-state index contributed by atoms with van der Waals surface area (Å²) in [5, 5.41) is 3.66. The van der Waals surface area contributed by atoms with E-state index in [1.54, 1.807) is 0 Å². The first-order valence-corrected chi connectivity index (χ1v) is 7.04. The Balaban J connectivity index is 1.68. The molecule has 0 bridgehead atoms. The van der Waals surface area contributed by atoms with Gasteiger partial charge in [-0.25, -0.2) is 0 Å². The van der Waals surface area contributed by atoms with Crippen molar-refractivity contribution in [1.29, 1.82) is 0 Å². The molecule has 1 unspecified atom stereocenters. The molecule has 100 valence electrons. The van der Waals surface area contributed by atoms with Crippen LogP contribution in [0.3, 0.4) is 0 Å². The van der Waals surface area contributed by atoms with Crippen molar-refractivity contribution in [3.8, 4) is 0 Å². The molecule has 2 fully saturated rings. The summed E-state index contributed by atoms with van der Waals surface area (Å²) in [4.78, 5) is 2.61. The summed E-state index contributed by atoms with van der Waals surface area (Å²) < 4.78 is 5.25. The van der Waals surface area contributed by atoms with Crippen LogP contribution >= 0.6 is 0 Å². The summed E-state index contributed by atoms with van der Waals surface area (Å²) in [7, 11) is 1.81. The zero-order valence-corrected chi connectivity index (χ0v) is 11.7. The molecule has 3 nitrogen and oxygen atoms in total. The molecule has 1 saturated heterocycles. The summed E-state index contributed by atoms with van der Waals surface area (Å²) in [6.07, 6.45) is 4.07. The molecule has 1 atom stereocenters. The van der Waals surface area contributed by atoms with E-state index >= 15 is 0 Å². The van der Waals surface area contributed by atoms with E-state index in [1.165, 1.54) is 38.9 Å². The maximum atomic E-state index is 5.25. The van der Waals surface area contributed by atoms with E-state index in [-0.39, 0.29) is 0 Å². The highest BCUT2D eigenvalue weighted by Gasteiger charge is 2.30. The Hall–Kier alpha value is -0.120. The SMILES string of the molecule is COCC1CCN(CC(C)(C)CNC2CC2)C1. The molecule has 0 radical (unpaired) electrons. The van der Waals surface area contributed by atoms with Crippen LogP contribution in [0.15, 0.2) is 0 Å². The van der Waals surface area contributed by atoms with E-state index < -0.39 is 0 Å². The second-order valence-corrected chi connectivity index (χ2v) is 6.66. The second kappa shape index (κ2) is 5.68. The minimum absolute atomic E-state index is 0.393. The van der Waals surface area contributed by atoms with Crippen LogP contribution in [0.5, 0.6) is 0 Å². The molecular formula is C14H28N2O. The monoisotopic (exact) mass is 240 g/mol. The second-order valence-electron chi connectivity index (χ2n) is 6.66. The first-order valence-electron chi connectivity index (χ1n) is 7.04. The Morgan fingerprint density at radius 1 is 1.29 bits per heavy atom. The number of ether oxygens (including phenoxy) is 1. The van der Waals surface area contributed by atoms with Crippen molar-refractivity contribution in [2.24, 2.45) is 11.3 Å². The molecule has 1 aliphatic carbocycles. The molecule has 0 spiro atoms. The first-order chi connectivity index (χ1) is 8.09. The van der Waals surface area contributed by atoms with Crippen LogP contribution in [-0.2, 0) is 4.74 Å². The van der Waals surface area contributed by atoms with Crippen LogP contribution in [0.4, 0.5) is 0 Å². The van der Waals surface area contributed by atoms with Gasteiger partial charge in [-0.2, -0.15) is 0 Å². The predicted octanol–water partition coefficient (Wildman–Crippen LogP) is 1.73. The summed E-state index contributed by atoms with van der Waals surface area (Å²) in [6, 6.07) is 0.828. The van der Waals surface area contributed by atoms with E-state index in [9.17, 15) is 0 Å².